The van der Waals surface area contributed by atoms with E-state index in [4.69, 9.17) is 9.84 Å². The van der Waals surface area contributed by atoms with Gasteiger partial charge in [-0.05, 0) is 100 Å². The quantitative estimate of drug-likeness (QED) is 0.254. The third-order valence-electron chi connectivity index (χ3n) is 4.32. The molecule has 0 aromatic heterocycles. The first-order valence-corrected chi connectivity index (χ1v) is 11.3. The zero-order valence-electron chi connectivity index (χ0n) is 16.5. The van der Waals surface area contributed by atoms with Crippen molar-refractivity contribution in [2.24, 2.45) is 0 Å². The molecule has 1 amide bonds. The molecule has 2 aromatic rings. The first kappa shape index (κ1) is 24.1. The molecule has 30 heavy (non-hydrogen) atoms. The lowest BCUT2D eigenvalue weighted by molar-refractivity contribution is -0.126. The Hall–Kier alpha value is -2.13. The average molecular weight is 630 g/mol. The second kappa shape index (κ2) is 11.3. The molecule has 0 bridgehead atoms. The molecule has 0 spiro atoms. The number of ether oxygens (including phenoxy) is 1. The lowest BCUT2D eigenvalue weighted by Crippen LogP contribution is -2.31. The van der Waals surface area contributed by atoms with Crippen LogP contribution in [-0.4, -0.2) is 35.0 Å². The van der Waals surface area contributed by atoms with Gasteiger partial charge in [0.1, 0.15) is 24.0 Å². The van der Waals surface area contributed by atoms with Crippen LogP contribution in [0.3, 0.4) is 0 Å². The number of benzene rings is 2. The number of nitrogens with zero attached hydrogens (tertiary/aromatic N) is 2. The van der Waals surface area contributed by atoms with E-state index in [2.05, 4.69) is 45.2 Å². The summed E-state index contributed by atoms with van der Waals surface area (Å²) in [7, 11) is 0. The number of aromatic carboxylic acids is 1. The monoisotopic (exact) mass is 630 g/mol. The van der Waals surface area contributed by atoms with Crippen LogP contribution in [0.4, 0.5) is 0 Å². The molecule has 0 saturated heterocycles. The second-order valence-corrected chi connectivity index (χ2v) is 8.58. The Morgan fingerprint density at radius 1 is 1.13 bits per heavy atom. The standard InChI is InChI=1S/C22H20I2N2O4/c1-3-26(4-2)21(27)17(12-25)9-15-10-18(23)20(19(24)11-15)30-13-14-5-7-16(8-6-14)22(28)29/h5-11H,3-4,13H2,1-2H3,(H,28,29)/b17-9-. The van der Waals surface area contributed by atoms with E-state index in [0.717, 1.165) is 18.3 Å². The van der Waals surface area contributed by atoms with Crippen molar-refractivity contribution < 1.29 is 19.4 Å². The van der Waals surface area contributed by atoms with Crippen molar-refractivity contribution in [2.45, 2.75) is 20.5 Å². The lowest BCUT2D eigenvalue weighted by atomic mass is 10.1. The number of hydrogen-bond acceptors (Lipinski definition) is 4. The number of carboxylic acid groups (broad SMARTS) is 1. The summed E-state index contributed by atoms with van der Waals surface area (Å²) in [4.78, 5) is 25.0. The maximum Gasteiger partial charge on any atom is 0.335 e. The van der Waals surface area contributed by atoms with Gasteiger partial charge in [-0.15, -0.1) is 0 Å². The minimum atomic E-state index is -0.966. The highest BCUT2D eigenvalue weighted by atomic mass is 127. The highest BCUT2D eigenvalue weighted by Crippen LogP contribution is 2.30. The number of nitriles is 1. The number of rotatable bonds is 8. The van der Waals surface area contributed by atoms with E-state index in [0.29, 0.717) is 25.4 Å². The molecule has 0 fully saturated rings. The summed E-state index contributed by atoms with van der Waals surface area (Å²) in [6.07, 6.45) is 1.60. The molecule has 0 aliphatic heterocycles. The SMILES string of the molecule is CCN(CC)C(=O)/C(C#N)=C\c1cc(I)c(OCc2ccc(C(=O)O)cc2)c(I)c1. The third-order valence-corrected chi connectivity index (χ3v) is 5.92. The van der Waals surface area contributed by atoms with Gasteiger partial charge in [-0.2, -0.15) is 5.26 Å². The van der Waals surface area contributed by atoms with E-state index in [1.807, 2.05) is 32.0 Å². The Morgan fingerprint density at radius 2 is 1.70 bits per heavy atom. The average Bonchev–Trinajstić information content (AvgIpc) is 2.72. The van der Waals surface area contributed by atoms with Crippen molar-refractivity contribution in [1.29, 1.82) is 5.26 Å². The molecule has 156 valence electrons. The summed E-state index contributed by atoms with van der Waals surface area (Å²) in [6, 6.07) is 12.2. The molecule has 2 rings (SSSR count). The summed E-state index contributed by atoms with van der Waals surface area (Å²) < 4.78 is 7.63. The second-order valence-electron chi connectivity index (χ2n) is 6.25. The zero-order chi connectivity index (χ0) is 22.3. The fourth-order valence-corrected chi connectivity index (χ4v) is 4.82. The molecule has 1 N–H and O–H groups in total. The fourth-order valence-electron chi connectivity index (χ4n) is 2.69. The van der Waals surface area contributed by atoms with Crippen LogP contribution in [0.15, 0.2) is 42.0 Å². The van der Waals surface area contributed by atoms with Crippen LogP contribution >= 0.6 is 45.2 Å². The van der Waals surface area contributed by atoms with Crippen molar-refractivity contribution in [2.75, 3.05) is 13.1 Å². The Kier molecular flexibility index (Phi) is 9.10. The van der Waals surface area contributed by atoms with Gasteiger partial charge in [-0.1, -0.05) is 12.1 Å². The molecule has 0 heterocycles. The van der Waals surface area contributed by atoms with Gasteiger partial charge in [0.15, 0.2) is 0 Å². The van der Waals surface area contributed by atoms with Crippen LogP contribution in [0.1, 0.15) is 35.3 Å². The van der Waals surface area contributed by atoms with Crippen molar-refractivity contribution in [3.05, 3.63) is 65.8 Å². The molecule has 8 heteroatoms. The van der Waals surface area contributed by atoms with Gasteiger partial charge in [-0.25, -0.2) is 4.79 Å². The predicted molar refractivity (Wildman–Crippen MR) is 131 cm³/mol. The summed E-state index contributed by atoms with van der Waals surface area (Å²) in [5, 5.41) is 18.4. The molecule has 0 unspecified atom stereocenters. The van der Waals surface area contributed by atoms with E-state index >= 15 is 0 Å². The zero-order valence-corrected chi connectivity index (χ0v) is 20.8. The molecular weight excluding hydrogens is 610 g/mol. The van der Waals surface area contributed by atoms with Crippen molar-refractivity contribution in [1.82, 2.24) is 4.90 Å². The van der Waals surface area contributed by atoms with E-state index in [1.165, 1.54) is 0 Å². The highest BCUT2D eigenvalue weighted by Gasteiger charge is 2.16. The van der Waals surface area contributed by atoms with Crippen molar-refractivity contribution in [3.8, 4) is 11.8 Å². The minimum Gasteiger partial charge on any atom is -0.487 e. The number of hydrogen-bond donors (Lipinski definition) is 1. The van der Waals surface area contributed by atoms with Gasteiger partial charge in [0.25, 0.3) is 5.91 Å². The normalized spacial score (nSPS) is 11.0. The Morgan fingerprint density at radius 3 is 2.17 bits per heavy atom. The topological polar surface area (TPSA) is 90.6 Å². The molecule has 0 aliphatic carbocycles. The van der Waals surface area contributed by atoms with E-state index < -0.39 is 5.97 Å². The van der Waals surface area contributed by atoms with E-state index in [9.17, 15) is 14.9 Å². The number of carbonyl (C=O) groups excluding carboxylic acids is 1. The van der Waals surface area contributed by atoms with Gasteiger partial charge < -0.3 is 14.7 Å². The molecular formula is C22H20I2N2O4. The van der Waals surface area contributed by atoms with Gasteiger partial charge in [0, 0.05) is 13.1 Å². The Balaban J connectivity index is 2.21. The van der Waals surface area contributed by atoms with E-state index in [-0.39, 0.29) is 17.0 Å². The number of amides is 1. The largest absolute Gasteiger partial charge is 0.487 e. The number of likely N-dealkylation sites (N-methyl/N-ethyl adjacent to an activating group) is 1. The van der Waals surface area contributed by atoms with Gasteiger partial charge in [-0.3, -0.25) is 4.79 Å². The van der Waals surface area contributed by atoms with Crippen LogP contribution in [-0.2, 0) is 11.4 Å². The van der Waals surface area contributed by atoms with Crippen molar-refractivity contribution >= 4 is 63.1 Å². The van der Waals surface area contributed by atoms with Crippen LogP contribution in [0.25, 0.3) is 6.08 Å². The van der Waals surface area contributed by atoms with Crippen LogP contribution in [0, 0.1) is 18.5 Å². The predicted octanol–water partition coefficient (Wildman–Crippen LogP) is 4.95. The van der Waals surface area contributed by atoms with Crippen LogP contribution in [0.5, 0.6) is 5.75 Å². The van der Waals surface area contributed by atoms with E-state index in [1.54, 1.807) is 35.2 Å². The number of carbonyl (C=O) groups is 2. The van der Waals surface area contributed by atoms with Gasteiger partial charge in [0.05, 0.1) is 12.7 Å². The molecule has 2 aromatic carbocycles. The highest BCUT2D eigenvalue weighted by molar-refractivity contribution is 14.1. The van der Waals surface area contributed by atoms with Crippen LogP contribution < -0.4 is 4.74 Å². The molecule has 0 saturated carbocycles. The summed E-state index contributed by atoms with van der Waals surface area (Å²) in [5.41, 5.74) is 1.93. The molecule has 0 aliphatic rings. The Bertz CT molecular complexity index is 984. The smallest absolute Gasteiger partial charge is 0.335 e. The number of halogens is 2. The molecule has 0 radical (unpaired) electrons. The summed E-state index contributed by atoms with van der Waals surface area (Å²) >= 11 is 4.32. The summed E-state index contributed by atoms with van der Waals surface area (Å²) in [5.74, 6) is -0.548. The molecule has 0 atom stereocenters. The van der Waals surface area contributed by atoms with Crippen molar-refractivity contribution in [3.63, 3.8) is 0 Å². The molecule has 6 nitrogen and oxygen atoms in total. The lowest BCUT2D eigenvalue weighted by Gasteiger charge is -2.18. The first-order valence-electron chi connectivity index (χ1n) is 9.15. The Labute approximate surface area is 202 Å². The minimum absolute atomic E-state index is 0.0949. The maximum absolute atomic E-state index is 12.5. The van der Waals surface area contributed by atoms with Gasteiger partial charge in [0.2, 0.25) is 0 Å². The maximum atomic E-state index is 12.5. The fraction of sp³-hybridized carbons (Fsp3) is 0.227. The van der Waals surface area contributed by atoms with Crippen LogP contribution in [0.2, 0.25) is 0 Å². The summed E-state index contributed by atoms with van der Waals surface area (Å²) in [6.45, 7) is 5.14. The first-order chi connectivity index (χ1) is 14.3. The van der Waals surface area contributed by atoms with Gasteiger partial charge >= 0.3 is 5.97 Å². The number of carboxylic acids is 1. The third kappa shape index (κ3) is 6.18.